The molecule has 4 rings (SSSR count). The molecule has 1 aromatic heterocycles. The number of hydrazone groups is 1. The highest BCUT2D eigenvalue weighted by molar-refractivity contribution is 9.10. The number of methoxy groups -OCH3 is 1. The lowest BCUT2D eigenvalue weighted by atomic mass is 10.2. The molecule has 0 bridgehead atoms. The number of nitrogens with one attached hydrogen (secondary N) is 2. The van der Waals surface area contributed by atoms with Crippen molar-refractivity contribution in [2.45, 2.75) is 0 Å². The van der Waals surface area contributed by atoms with Crippen LogP contribution in [0, 0.1) is 0 Å². The van der Waals surface area contributed by atoms with Gasteiger partial charge in [0.1, 0.15) is 5.75 Å². The predicted molar refractivity (Wildman–Crippen MR) is 124 cm³/mol. The topological polar surface area (TPSA) is 96.8 Å². The van der Waals surface area contributed by atoms with E-state index in [-0.39, 0.29) is 0 Å². The summed E-state index contributed by atoms with van der Waals surface area (Å²) >= 11 is 3.51. The van der Waals surface area contributed by atoms with Crippen molar-refractivity contribution in [1.82, 2.24) is 15.0 Å². The molecule has 1 aliphatic rings. The van der Waals surface area contributed by atoms with E-state index in [1.807, 2.05) is 48.5 Å². The van der Waals surface area contributed by atoms with E-state index >= 15 is 0 Å². The fraction of sp³-hybridized carbons (Fsp3) is 0.238. The summed E-state index contributed by atoms with van der Waals surface area (Å²) in [5, 5.41) is 7.50. The molecule has 0 spiro atoms. The Morgan fingerprint density at radius 3 is 2.52 bits per heavy atom. The third kappa shape index (κ3) is 5.68. The fourth-order valence-electron chi connectivity index (χ4n) is 2.92. The van der Waals surface area contributed by atoms with Gasteiger partial charge in [-0.15, -0.1) is 0 Å². The first kappa shape index (κ1) is 21.0. The first-order chi connectivity index (χ1) is 15.2. The molecule has 1 saturated heterocycles. The first-order valence-corrected chi connectivity index (χ1v) is 10.5. The van der Waals surface area contributed by atoms with Gasteiger partial charge < -0.3 is 19.7 Å². The Kier molecular flexibility index (Phi) is 6.90. The second-order valence-electron chi connectivity index (χ2n) is 6.63. The standard InChI is InChI=1S/C21H22BrN7O2/c1-30-17-8-6-16(7-9-17)24-19-25-20(27-21(26-19)29-10-12-31-13-11-29)28-23-14-15-4-2-3-5-18(15)22/h2-9,14H,10-13H2,1H3,(H2,24,25,26,27,28)/b23-14+. The molecule has 1 fully saturated rings. The van der Waals surface area contributed by atoms with Crippen molar-refractivity contribution in [2.75, 3.05) is 49.1 Å². The van der Waals surface area contributed by atoms with E-state index in [2.05, 4.69) is 51.6 Å². The van der Waals surface area contributed by atoms with Gasteiger partial charge in [0, 0.05) is 28.8 Å². The van der Waals surface area contributed by atoms with Gasteiger partial charge in [0.05, 0.1) is 26.5 Å². The molecule has 0 atom stereocenters. The van der Waals surface area contributed by atoms with Crippen molar-refractivity contribution >= 4 is 45.7 Å². The predicted octanol–water partition coefficient (Wildman–Crippen LogP) is 3.67. The van der Waals surface area contributed by atoms with Gasteiger partial charge in [0.15, 0.2) is 0 Å². The summed E-state index contributed by atoms with van der Waals surface area (Å²) in [6, 6.07) is 15.3. The number of hydrogen-bond donors (Lipinski definition) is 2. The summed E-state index contributed by atoms with van der Waals surface area (Å²) in [6.07, 6.45) is 1.71. The Balaban J connectivity index is 1.56. The lowest BCUT2D eigenvalue weighted by molar-refractivity contribution is 0.122. The van der Waals surface area contributed by atoms with Crippen molar-refractivity contribution in [3.05, 3.63) is 58.6 Å². The first-order valence-electron chi connectivity index (χ1n) is 9.75. The lowest BCUT2D eigenvalue weighted by Gasteiger charge is -2.27. The second kappa shape index (κ2) is 10.2. The van der Waals surface area contributed by atoms with Gasteiger partial charge in [-0.2, -0.15) is 20.1 Å². The Bertz CT molecular complexity index is 1040. The van der Waals surface area contributed by atoms with Crippen LogP contribution in [0.5, 0.6) is 5.75 Å². The van der Waals surface area contributed by atoms with Gasteiger partial charge in [-0.3, -0.25) is 0 Å². The molecule has 2 heterocycles. The third-order valence-corrected chi connectivity index (χ3v) is 5.26. The highest BCUT2D eigenvalue weighted by atomic mass is 79.9. The van der Waals surface area contributed by atoms with E-state index in [1.54, 1.807) is 13.3 Å². The highest BCUT2D eigenvalue weighted by Crippen LogP contribution is 2.21. The molecule has 31 heavy (non-hydrogen) atoms. The molecule has 1 aliphatic heterocycles. The maximum absolute atomic E-state index is 5.44. The average molecular weight is 484 g/mol. The maximum atomic E-state index is 5.44. The molecule has 0 saturated carbocycles. The van der Waals surface area contributed by atoms with Crippen LogP contribution in [0.3, 0.4) is 0 Å². The zero-order valence-electron chi connectivity index (χ0n) is 17.0. The number of benzene rings is 2. The van der Waals surface area contributed by atoms with Gasteiger partial charge in [-0.05, 0) is 30.3 Å². The second-order valence-corrected chi connectivity index (χ2v) is 7.48. The normalized spacial score (nSPS) is 13.9. The van der Waals surface area contributed by atoms with Crippen LogP contribution in [0.15, 0.2) is 58.1 Å². The summed E-state index contributed by atoms with van der Waals surface area (Å²) in [5.41, 5.74) is 4.69. The molecule has 0 aliphatic carbocycles. The van der Waals surface area contributed by atoms with E-state index in [0.29, 0.717) is 44.1 Å². The SMILES string of the molecule is COc1ccc(Nc2nc(N/N=C/c3ccccc3Br)nc(N3CCOCC3)n2)cc1. The minimum atomic E-state index is 0.343. The quantitative estimate of drug-likeness (QED) is 0.388. The summed E-state index contributed by atoms with van der Waals surface area (Å²) in [5.74, 6) is 2.10. The van der Waals surface area contributed by atoms with Crippen LogP contribution in [-0.2, 0) is 4.74 Å². The highest BCUT2D eigenvalue weighted by Gasteiger charge is 2.16. The smallest absolute Gasteiger partial charge is 0.250 e. The molecule has 2 N–H and O–H groups in total. The maximum Gasteiger partial charge on any atom is 0.250 e. The van der Waals surface area contributed by atoms with Gasteiger partial charge in [-0.25, -0.2) is 5.43 Å². The number of hydrogen-bond acceptors (Lipinski definition) is 9. The minimum absolute atomic E-state index is 0.343. The Morgan fingerprint density at radius 2 is 1.77 bits per heavy atom. The summed E-state index contributed by atoms with van der Waals surface area (Å²) < 4.78 is 11.6. The Hall–Kier alpha value is -3.24. The third-order valence-electron chi connectivity index (χ3n) is 4.54. The van der Waals surface area contributed by atoms with E-state index in [0.717, 1.165) is 21.5 Å². The molecule has 3 aromatic rings. The van der Waals surface area contributed by atoms with Crippen LogP contribution >= 0.6 is 15.9 Å². The van der Waals surface area contributed by atoms with E-state index in [9.17, 15) is 0 Å². The van der Waals surface area contributed by atoms with Crippen molar-refractivity contribution < 1.29 is 9.47 Å². The van der Waals surface area contributed by atoms with Gasteiger partial charge in [0.2, 0.25) is 17.8 Å². The zero-order chi connectivity index (χ0) is 21.5. The van der Waals surface area contributed by atoms with Crippen molar-refractivity contribution in [3.8, 4) is 5.75 Å². The molecule has 0 radical (unpaired) electrons. The summed E-state index contributed by atoms with van der Waals surface area (Å²) in [4.78, 5) is 15.6. The van der Waals surface area contributed by atoms with Crippen LogP contribution < -0.4 is 20.4 Å². The minimum Gasteiger partial charge on any atom is -0.497 e. The molecule has 0 unspecified atom stereocenters. The van der Waals surface area contributed by atoms with Crippen LogP contribution in [0.2, 0.25) is 0 Å². The average Bonchev–Trinajstić information content (AvgIpc) is 2.81. The zero-order valence-corrected chi connectivity index (χ0v) is 18.5. The number of ether oxygens (including phenoxy) is 2. The van der Waals surface area contributed by atoms with Crippen molar-refractivity contribution in [3.63, 3.8) is 0 Å². The molecule has 2 aromatic carbocycles. The van der Waals surface area contributed by atoms with Crippen LogP contribution in [0.1, 0.15) is 5.56 Å². The van der Waals surface area contributed by atoms with Crippen LogP contribution in [-0.4, -0.2) is 54.6 Å². The van der Waals surface area contributed by atoms with Gasteiger partial charge in [-0.1, -0.05) is 34.1 Å². The van der Waals surface area contributed by atoms with E-state index in [4.69, 9.17) is 9.47 Å². The number of rotatable bonds is 7. The summed E-state index contributed by atoms with van der Waals surface area (Å²) in [7, 11) is 1.63. The molecular formula is C21H22BrN7O2. The number of nitrogens with zero attached hydrogens (tertiary/aromatic N) is 5. The van der Waals surface area contributed by atoms with Crippen molar-refractivity contribution in [1.29, 1.82) is 0 Å². The molecule has 10 heteroatoms. The van der Waals surface area contributed by atoms with E-state index in [1.165, 1.54) is 0 Å². The van der Waals surface area contributed by atoms with Crippen LogP contribution in [0.4, 0.5) is 23.5 Å². The summed E-state index contributed by atoms with van der Waals surface area (Å²) in [6.45, 7) is 2.70. The lowest BCUT2D eigenvalue weighted by Crippen LogP contribution is -2.37. The van der Waals surface area contributed by atoms with E-state index < -0.39 is 0 Å². The number of halogens is 1. The van der Waals surface area contributed by atoms with Gasteiger partial charge in [0.25, 0.3) is 0 Å². The Labute approximate surface area is 188 Å². The molecule has 9 nitrogen and oxygen atoms in total. The van der Waals surface area contributed by atoms with Crippen LogP contribution in [0.25, 0.3) is 0 Å². The molecular weight excluding hydrogens is 462 g/mol. The van der Waals surface area contributed by atoms with Crippen molar-refractivity contribution in [2.24, 2.45) is 5.10 Å². The largest absolute Gasteiger partial charge is 0.497 e. The fourth-order valence-corrected chi connectivity index (χ4v) is 3.31. The Morgan fingerprint density at radius 1 is 1.03 bits per heavy atom. The monoisotopic (exact) mass is 483 g/mol. The van der Waals surface area contributed by atoms with Gasteiger partial charge >= 0.3 is 0 Å². The number of morpholine rings is 1. The number of anilines is 4. The molecule has 0 amide bonds. The number of aromatic nitrogens is 3. The molecule has 160 valence electrons.